The van der Waals surface area contributed by atoms with E-state index in [1.54, 1.807) is 40.0 Å². The summed E-state index contributed by atoms with van der Waals surface area (Å²) in [6.07, 6.45) is 1.53. The third kappa shape index (κ3) is 3.57. The number of carboxylic acid groups (broad SMARTS) is 1. The number of rotatable bonds is 6. The highest BCUT2D eigenvalue weighted by Crippen LogP contribution is 2.16. The Morgan fingerprint density at radius 2 is 2.16 bits per heavy atom. The first-order valence-corrected chi connectivity index (χ1v) is 6.03. The van der Waals surface area contributed by atoms with Gasteiger partial charge in [0.2, 0.25) is 5.91 Å². The van der Waals surface area contributed by atoms with E-state index < -0.39 is 17.6 Å². The van der Waals surface area contributed by atoms with Gasteiger partial charge in [-0.3, -0.25) is 14.5 Å². The third-order valence-corrected chi connectivity index (χ3v) is 3.38. The van der Waals surface area contributed by atoms with Crippen molar-refractivity contribution >= 4 is 11.9 Å². The molecule has 0 aromatic carbocycles. The van der Waals surface area contributed by atoms with Crippen molar-refractivity contribution in [3.8, 4) is 0 Å². The van der Waals surface area contributed by atoms with Crippen LogP contribution >= 0.6 is 0 Å². The molecule has 1 aromatic heterocycles. The minimum atomic E-state index is -1.11. The maximum Gasteiger partial charge on any atom is 0.323 e. The van der Waals surface area contributed by atoms with Crippen LogP contribution in [0.25, 0.3) is 0 Å². The monoisotopic (exact) mass is 268 g/mol. The topological polar surface area (TPSA) is 82.8 Å². The summed E-state index contributed by atoms with van der Waals surface area (Å²) in [6.45, 7) is 5.08. The third-order valence-electron chi connectivity index (χ3n) is 3.38. The maximum absolute atomic E-state index is 12.0. The first-order chi connectivity index (χ1) is 8.76. The fraction of sp³-hybridized carbons (Fsp3) is 0.538. The normalized spacial score (nSPS) is 13.3. The first-order valence-electron chi connectivity index (χ1n) is 6.03. The standard InChI is InChI=1S/C13H20N2O4/c1-9(15(4)13(2,3)12(17)18)11(16)14-8-10-6-5-7-19-10/h5-7,9H,8H2,1-4H3,(H,14,16)(H,17,18). The Morgan fingerprint density at radius 1 is 1.53 bits per heavy atom. The number of aliphatic carboxylic acids is 1. The molecule has 0 aliphatic carbocycles. The van der Waals surface area contributed by atoms with Gasteiger partial charge in [0.05, 0.1) is 18.8 Å². The van der Waals surface area contributed by atoms with Crippen molar-refractivity contribution in [3.63, 3.8) is 0 Å². The van der Waals surface area contributed by atoms with Crippen molar-refractivity contribution in [2.75, 3.05) is 7.05 Å². The van der Waals surface area contributed by atoms with Crippen LogP contribution in [-0.2, 0) is 16.1 Å². The second-order valence-corrected chi connectivity index (χ2v) is 4.95. The Morgan fingerprint density at radius 3 is 2.63 bits per heavy atom. The fourth-order valence-electron chi connectivity index (χ4n) is 1.55. The molecule has 106 valence electrons. The average Bonchev–Trinajstić information content (AvgIpc) is 2.86. The number of carbonyl (C=O) groups excluding carboxylic acids is 1. The van der Waals surface area contributed by atoms with Gasteiger partial charge in [-0.1, -0.05) is 0 Å². The van der Waals surface area contributed by atoms with Gasteiger partial charge < -0.3 is 14.8 Å². The second-order valence-electron chi connectivity index (χ2n) is 4.95. The number of likely N-dealkylation sites (N-methyl/N-ethyl adjacent to an activating group) is 1. The smallest absolute Gasteiger partial charge is 0.323 e. The number of carboxylic acids is 1. The molecule has 0 saturated heterocycles. The predicted octanol–water partition coefficient (Wildman–Crippen LogP) is 1.08. The van der Waals surface area contributed by atoms with E-state index in [-0.39, 0.29) is 12.5 Å². The van der Waals surface area contributed by atoms with Gasteiger partial charge in [0, 0.05) is 0 Å². The Labute approximate surface area is 112 Å². The van der Waals surface area contributed by atoms with Gasteiger partial charge in [-0.2, -0.15) is 0 Å². The van der Waals surface area contributed by atoms with E-state index in [4.69, 9.17) is 9.52 Å². The number of hydrogen-bond acceptors (Lipinski definition) is 4. The van der Waals surface area contributed by atoms with Crippen LogP contribution in [0.5, 0.6) is 0 Å². The molecule has 0 aliphatic rings. The van der Waals surface area contributed by atoms with Crippen LogP contribution in [0.15, 0.2) is 22.8 Å². The Balaban J connectivity index is 2.59. The summed E-state index contributed by atoms with van der Waals surface area (Å²) in [6, 6.07) is 2.95. The molecule has 6 heteroatoms. The van der Waals surface area contributed by atoms with E-state index in [2.05, 4.69) is 5.32 Å². The molecule has 1 unspecified atom stereocenters. The molecule has 0 aliphatic heterocycles. The maximum atomic E-state index is 12.0. The number of nitrogens with one attached hydrogen (secondary N) is 1. The highest BCUT2D eigenvalue weighted by Gasteiger charge is 2.36. The van der Waals surface area contributed by atoms with E-state index in [0.717, 1.165) is 0 Å². The summed E-state index contributed by atoms with van der Waals surface area (Å²) in [5.74, 6) is -0.561. The van der Waals surface area contributed by atoms with Gasteiger partial charge in [-0.15, -0.1) is 0 Å². The lowest BCUT2D eigenvalue weighted by atomic mass is 10.0. The molecule has 0 saturated carbocycles. The van der Waals surface area contributed by atoms with Gasteiger partial charge in [0.1, 0.15) is 11.3 Å². The van der Waals surface area contributed by atoms with Crippen molar-refractivity contribution in [1.82, 2.24) is 10.2 Å². The highest BCUT2D eigenvalue weighted by atomic mass is 16.4. The first kappa shape index (κ1) is 15.2. The second kappa shape index (κ2) is 5.88. The molecule has 0 bridgehead atoms. The number of furan rings is 1. The van der Waals surface area contributed by atoms with Crippen LogP contribution in [0.3, 0.4) is 0 Å². The van der Waals surface area contributed by atoms with Crippen molar-refractivity contribution in [2.45, 2.75) is 38.9 Å². The lowest BCUT2D eigenvalue weighted by Crippen LogP contribution is -2.56. The quantitative estimate of drug-likeness (QED) is 0.806. The number of amides is 1. The molecule has 0 spiro atoms. The average molecular weight is 268 g/mol. The summed E-state index contributed by atoms with van der Waals surface area (Å²) >= 11 is 0. The molecular formula is C13H20N2O4. The van der Waals surface area contributed by atoms with Gasteiger partial charge in [0.25, 0.3) is 0 Å². The van der Waals surface area contributed by atoms with Crippen LogP contribution < -0.4 is 5.32 Å². The predicted molar refractivity (Wildman–Crippen MR) is 69.5 cm³/mol. The Bertz CT molecular complexity index is 440. The minimum absolute atomic E-state index is 0.242. The van der Waals surface area contributed by atoms with Crippen molar-refractivity contribution in [1.29, 1.82) is 0 Å². The summed E-state index contributed by atoms with van der Waals surface area (Å²) in [5, 5.41) is 11.8. The molecule has 0 radical (unpaired) electrons. The Hall–Kier alpha value is -1.82. The van der Waals surface area contributed by atoms with E-state index in [9.17, 15) is 9.59 Å². The van der Waals surface area contributed by atoms with Crippen LogP contribution in [-0.4, -0.2) is 40.5 Å². The van der Waals surface area contributed by atoms with Gasteiger partial charge >= 0.3 is 5.97 Å². The van der Waals surface area contributed by atoms with E-state index >= 15 is 0 Å². The minimum Gasteiger partial charge on any atom is -0.480 e. The number of nitrogens with zero attached hydrogens (tertiary/aromatic N) is 1. The van der Waals surface area contributed by atoms with Crippen molar-refractivity contribution in [2.24, 2.45) is 0 Å². The van der Waals surface area contributed by atoms with E-state index in [1.165, 1.54) is 11.2 Å². The van der Waals surface area contributed by atoms with Gasteiger partial charge in [-0.05, 0) is 40.0 Å². The molecular weight excluding hydrogens is 248 g/mol. The van der Waals surface area contributed by atoms with Crippen LogP contribution in [0.4, 0.5) is 0 Å². The molecule has 1 heterocycles. The van der Waals surface area contributed by atoms with Crippen LogP contribution in [0.2, 0.25) is 0 Å². The summed E-state index contributed by atoms with van der Waals surface area (Å²) in [7, 11) is 1.62. The largest absolute Gasteiger partial charge is 0.480 e. The number of hydrogen-bond donors (Lipinski definition) is 2. The zero-order valence-electron chi connectivity index (χ0n) is 11.6. The van der Waals surface area contributed by atoms with Crippen molar-refractivity contribution < 1.29 is 19.1 Å². The van der Waals surface area contributed by atoms with Crippen LogP contribution in [0, 0.1) is 0 Å². The molecule has 19 heavy (non-hydrogen) atoms. The van der Waals surface area contributed by atoms with Crippen molar-refractivity contribution in [3.05, 3.63) is 24.2 Å². The Kier molecular flexibility index (Phi) is 4.72. The van der Waals surface area contributed by atoms with Crippen LogP contribution in [0.1, 0.15) is 26.5 Å². The zero-order chi connectivity index (χ0) is 14.6. The lowest BCUT2D eigenvalue weighted by Gasteiger charge is -2.35. The lowest BCUT2D eigenvalue weighted by molar-refractivity contribution is -0.151. The van der Waals surface area contributed by atoms with Gasteiger partial charge in [0.15, 0.2) is 0 Å². The molecule has 0 fully saturated rings. The molecule has 6 nitrogen and oxygen atoms in total. The molecule has 1 rings (SSSR count). The summed E-state index contributed by atoms with van der Waals surface area (Å²) in [4.78, 5) is 24.6. The summed E-state index contributed by atoms with van der Waals surface area (Å²) < 4.78 is 5.11. The number of carbonyl (C=O) groups is 2. The highest BCUT2D eigenvalue weighted by molar-refractivity contribution is 5.83. The zero-order valence-corrected chi connectivity index (χ0v) is 11.6. The molecule has 1 atom stereocenters. The SMILES string of the molecule is CC(C(=O)NCc1ccco1)N(C)C(C)(C)C(=O)O. The fourth-order valence-corrected chi connectivity index (χ4v) is 1.55. The molecule has 2 N–H and O–H groups in total. The molecule has 1 amide bonds. The molecule has 1 aromatic rings. The van der Waals surface area contributed by atoms with E-state index in [1.807, 2.05) is 0 Å². The summed E-state index contributed by atoms with van der Waals surface area (Å²) in [5.41, 5.74) is -1.11. The van der Waals surface area contributed by atoms with E-state index in [0.29, 0.717) is 5.76 Å². The van der Waals surface area contributed by atoms with Gasteiger partial charge in [-0.25, -0.2) is 0 Å².